The van der Waals surface area contributed by atoms with Crippen molar-refractivity contribution >= 4 is 19.7 Å². The number of alkyl halides is 4. The molecule has 0 radical (unpaired) electrons. The van der Waals surface area contributed by atoms with Crippen molar-refractivity contribution in [3.63, 3.8) is 0 Å². The topological polar surface area (TPSA) is 68.3 Å². The van der Waals surface area contributed by atoms with Gasteiger partial charge in [0.1, 0.15) is 27.1 Å². The van der Waals surface area contributed by atoms with E-state index in [1.807, 2.05) is 0 Å². The molecule has 5 rings (SSSR count). The van der Waals surface area contributed by atoms with E-state index in [0.29, 0.717) is 6.42 Å². The number of halogens is 9. The van der Waals surface area contributed by atoms with Crippen LogP contribution in [0.2, 0.25) is 0 Å². The lowest BCUT2D eigenvalue weighted by atomic mass is 9.54. The lowest BCUT2D eigenvalue weighted by Gasteiger charge is -2.59. The van der Waals surface area contributed by atoms with Crippen molar-refractivity contribution in [2.45, 2.75) is 54.4 Å². The first-order valence-corrected chi connectivity index (χ1v) is 12.5. The second-order valence-corrected chi connectivity index (χ2v) is 13.4. The summed E-state index contributed by atoms with van der Waals surface area (Å²) in [7, 11) is -13.2. The highest BCUT2D eigenvalue weighted by molar-refractivity contribution is 8.14. The molecule has 0 amide bonds. The number of hydrogen-bond donors (Lipinski definition) is 0. The van der Waals surface area contributed by atoms with Gasteiger partial charge in [0.25, 0.3) is 0 Å². The van der Waals surface area contributed by atoms with Crippen LogP contribution < -0.4 is 0 Å². The minimum absolute atomic E-state index is 0.134. The normalized spacial score (nSPS) is 31.8. The van der Waals surface area contributed by atoms with E-state index in [0.717, 1.165) is 0 Å². The third kappa shape index (κ3) is 3.27. The first-order chi connectivity index (χ1) is 14.9. The molecule has 2 unspecified atom stereocenters. The van der Waals surface area contributed by atoms with Gasteiger partial charge < -0.3 is 0 Å². The predicted molar refractivity (Wildman–Crippen MR) is 93.7 cm³/mol. The molecular weight excluding hydrogens is 515 g/mol. The van der Waals surface area contributed by atoms with Crippen LogP contribution in [0.5, 0.6) is 0 Å². The fourth-order valence-corrected chi connectivity index (χ4v) is 10.7. The Morgan fingerprint density at radius 1 is 0.758 bits per heavy atom. The van der Waals surface area contributed by atoms with Gasteiger partial charge in [-0.05, 0) is 43.9 Å². The van der Waals surface area contributed by atoms with E-state index in [-0.39, 0.29) is 12.8 Å². The van der Waals surface area contributed by atoms with Crippen LogP contribution in [0.1, 0.15) is 44.1 Å². The minimum Gasteiger partial charge on any atom is -0.280 e. The Labute approximate surface area is 182 Å². The first-order valence-electron chi connectivity index (χ1n) is 9.50. The summed E-state index contributed by atoms with van der Waals surface area (Å²) in [5, 5.41) is 0. The van der Waals surface area contributed by atoms with E-state index in [1.54, 1.807) is 0 Å². The molecule has 4 aliphatic carbocycles. The highest BCUT2D eigenvalue weighted by atomic mass is 32.3. The van der Waals surface area contributed by atoms with Gasteiger partial charge in [-0.15, -0.1) is 0 Å². The summed E-state index contributed by atoms with van der Waals surface area (Å²) in [6.45, 7) is 0. The molecular formula is C18H14F9O4S2-. The number of rotatable bonds is 4. The van der Waals surface area contributed by atoms with Crippen LogP contribution in [0.15, 0.2) is 0 Å². The molecule has 2 atom stereocenters. The molecule has 1 aromatic carbocycles. The van der Waals surface area contributed by atoms with Crippen LogP contribution in [-0.2, 0) is 19.7 Å². The molecule has 4 bridgehead atoms. The smallest absolute Gasteiger partial charge is 0.280 e. The van der Waals surface area contributed by atoms with Gasteiger partial charge in [0, 0.05) is 6.42 Å². The number of benzene rings is 1. The van der Waals surface area contributed by atoms with E-state index >= 15 is 4.39 Å². The van der Waals surface area contributed by atoms with Gasteiger partial charge in [0.2, 0.25) is 9.84 Å². The van der Waals surface area contributed by atoms with Crippen molar-refractivity contribution in [1.82, 2.24) is 0 Å². The number of sulfone groups is 2. The van der Waals surface area contributed by atoms with Crippen molar-refractivity contribution in [3.8, 4) is 0 Å². The average molecular weight is 529 g/mol. The maximum Gasteiger partial charge on any atom is 0.491 e. The minimum atomic E-state index is -7.18. The molecule has 0 N–H and O–H groups in total. The molecule has 0 aliphatic heterocycles. The summed E-state index contributed by atoms with van der Waals surface area (Å²) in [5.41, 5.74) is -11.4. The van der Waals surface area contributed by atoms with Crippen LogP contribution in [0.3, 0.4) is 0 Å². The standard InChI is InChI=1S/C18H14F9O4S2/c19-10-9(11(20)13(22)14(23)12(10)21)15(33(30,31)18(25,26)27)32(28,29)17-4-7-1-8(5-17)3-16(24,2-7)6-17/h7-8H,1-6H2/q-1. The van der Waals surface area contributed by atoms with Crippen LogP contribution in [-0.4, -0.2) is 32.8 Å². The quantitative estimate of drug-likeness (QED) is 0.247. The largest absolute Gasteiger partial charge is 0.491 e. The Morgan fingerprint density at radius 3 is 1.58 bits per heavy atom. The van der Waals surface area contributed by atoms with Gasteiger partial charge in [-0.25, -0.2) is 34.4 Å². The predicted octanol–water partition coefficient (Wildman–Crippen LogP) is 4.63. The summed E-state index contributed by atoms with van der Waals surface area (Å²) in [5.74, 6) is -15.9. The van der Waals surface area contributed by atoms with E-state index in [1.165, 1.54) is 0 Å². The average Bonchev–Trinajstić information content (AvgIpc) is 2.64. The second-order valence-electron chi connectivity index (χ2n) is 8.98. The Kier molecular flexibility index (Phi) is 5.16. The van der Waals surface area contributed by atoms with E-state index < -0.39 is 106 Å². The van der Waals surface area contributed by atoms with Gasteiger partial charge in [-0.3, -0.25) is 8.78 Å². The summed E-state index contributed by atoms with van der Waals surface area (Å²) in [4.78, 5) is 0. The van der Waals surface area contributed by atoms with Crippen molar-refractivity contribution in [2.75, 3.05) is 0 Å². The van der Waals surface area contributed by atoms with Gasteiger partial charge in [0.05, 0.1) is 21.0 Å². The first kappa shape index (κ1) is 24.5. The molecule has 0 heterocycles. The molecule has 0 spiro atoms. The van der Waals surface area contributed by atoms with E-state index in [2.05, 4.69) is 0 Å². The van der Waals surface area contributed by atoms with Crippen LogP contribution in [0, 0.1) is 45.5 Å². The molecule has 186 valence electrons. The van der Waals surface area contributed by atoms with Crippen molar-refractivity contribution in [2.24, 2.45) is 11.8 Å². The Hall–Kier alpha value is -1.64. The van der Waals surface area contributed by atoms with Gasteiger partial charge in [-0.2, -0.15) is 13.2 Å². The molecule has 0 aromatic heterocycles. The molecule has 15 heteroatoms. The highest BCUT2D eigenvalue weighted by Crippen LogP contribution is 2.64. The van der Waals surface area contributed by atoms with Gasteiger partial charge >= 0.3 is 5.51 Å². The van der Waals surface area contributed by atoms with Gasteiger partial charge in [-0.1, -0.05) is 5.56 Å². The van der Waals surface area contributed by atoms with Crippen molar-refractivity contribution in [1.29, 1.82) is 0 Å². The summed E-state index contributed by atoms with van der Waals surface area (Å²) in [6.07, 6.45) is -1.93. The molecule has 4 saturated carbocycles. The van der Waals surface area contributed by atoms with Crippen LogP contribution >= 0.6 is 0 Å². The molecule has 4 nitrogen and oxygen atoms in total. The molecule has 4 aliphatic rings. The maximum absolute atomic E-state index is 15.2. The number of hydrogen-bond acceptors (Lipinski definition) is 4. The highest BCUT2D eigenvalue weighted by Gasteiger charge is 2.66. The van der Waals surface area contributed by atoms with Crippen molar-refractivity contribution < 1.29 is 56.3 Å². The second kappa shape index (κ2) is 6.95. The molecule has 33 heavy (non-hydrogen) atoms. The summed E-state index contributed by atoms with van der Waals surface area (Å²) >= 11 is 0. The van der Waals surface area contributed by atoms with Gasteiger partial charge in [0.15, 0.2) is 5.82 Å². The fourth-order valence-electron chi connectivity index (χ4n) is 5.88. The molecule has 4 fully saturated rings. The Morgan fingerprint density at radius 2 is 1.18 bits per heavy atom. The van der Waals surface area contributed by atoms with E-state index in [9.17, 15) is 52.0 Å². The van der Waals surface area contributed by atoms with Crippen LogP contribution in [0.4, 0.5) is 39.5 Å². The Balaban J connectivity index is 2.03. The maximum atomic E-state index is 15.2. The molecule has 0 saturated heterocycles. The fraction of sp³-hybridized carbons (Fsp3) is 0.611. The summed E-state index contributed by atoms with van der Waals surface area (Å²) < 4.78 is 171. The lowest BCUT2D eigenvalue weighted by molar-refractivity contribution is -0.0621. The zero-order valence-electron chi connectivity index (χ0n) is 16.2. The molecule has 1 aromatic rings. The van der Waals surface area contributed by atoms with Crippen LogP contribution in [0.25, 0.3) is 0 Å². The van der Waals surface area contributed by atoms with Crippen molar-refractivity contribution in [3.05, 3.63) is 39.2 Å². The van der Waals surface area contributed by atoms with E-state index in [4.69, 9.17) is 0 Å². The lowest BCUT2D eigenvalue weighted by Crippen LogP contribution is -2.62. The summed E-state index contributed by atoms with van der Waals surface area (Å²) in [6, 6.07) is 0. The Bertz CT molecular complexity index is 1200. The SMILES string of the molecule is O=S(=O)([C-](c1c(F)c(F)c(F)c(F)c1F)S(=O)(=O)C12CC3CC(CC(F)(C3)C1)C2)C(F)(F)F. The third-order valence-corrected chi connectivity index (χ3v) is 11.6. The third-order valence-electron chi connectivity index (χ3n) is 6.71. The monoisotopic (exact) mass is 529 g/mol. The zero-order chi connectivity index (χ0) is 24.9. The zero-order valence-corrected chi connectivity index (χ0v) is 17.9.